The van der Waals surface area contributed by atoms with Gasteiger partial charge < -0.3 is 9.84 Å². The molecule has 0 heterocycles. The number of ether oxygens (including phenoxy) is 1. The molecule has 2 aromatic carbocycles. The van der Waals surface area contributed by atoms with Crippen molar-refractivity contribution in [3.05, 3.63) is 71.8 Å². The number of aliphatic hydroxyl groups excluding tert-OH is 1. The Morgan fingerprint density at radius 3 is 1.90 bits per heavy atom. The van der Waals surface area contributed by atoms with E-state index >= 15 is 0 Å². The number of aliphatic hydroxyl groups is 1. The summed E-state index contributed by atoms with van der Waals surface area (Å²) < 4.78 is 5.80. The van der Waals surface area contributed by atoms with Gasteiger partial charge in [0.1, 0.15) is 5.75 Å². The first-order valence-corrected chi connectivity index (χ1v) is 11.4. The van der Waals surface area contributed by atoms with Crippen molar-refractivity contribution in [2.45, 2.75) is 64.2 Å². The molecule has 3 nitrogen and oxygen atoms in total. The molecule has 0 aliphatic rings. The van der Waals surface area contributed by atoms with Gasteiger partial charge in [-0.15, -0.1) is 0 Å². The van der Waals surface area contributed by atoms with E-state index in [0.29, 0.717) is 12.2 Å². The lowest BCUT2D eigenvalue weighted by Gasteiger charge is -2.07. The minimum atomic E-state index is -0.00111. The SMILES string of the molecule is O=C(/C=C/c1ccccc1)c1ccc(OCCCCCCCCCCCCO)cc1. The molecular formula is C27H36O3. The zero-order chi connectivity index (χ0) is 21.3. The fourth-order valence-corrected chi connectivity index (χ4v) is 3.37. The molecule has 0 bridgehead atoms. The van der Waals surface area contributed by atoms with Gasteiger partial charge in [-0.05, 0) is 48.7 Å². The van der Waals surface area contributed by atoms with Crippen molar-refractivity contribution >= 4 is 11.9 Å². The van der Waals surface area contributed by atoms with Crippen LogP contribution >= 0.6 is 0 Å². The van der Waals surface area contributed by atoms with Crippen molar-refractivity contribution in [3.63, 3.8) is 0 Å². The maximum absolute atomic E-state index is 12.3. The lowest BCUT2D eigenvalue weighted by atomic mass is 10.1. The molecule has 30 heavy (non-hydrogen) atoms. The molecule has 0 unspecified atom stereocenters. The number of rotatable bonds is 16. The Balaban J connectivity index is 1.53. The minimum Gasteiger partial charge on any atom is -0.494 e. The van der Waals surface area contributed by atoms with E-state index in [4.69, 9.17) is 9.84 Å². The lowest BCUT2D eigenvalue weighted by Crippen LogP contribution is -1.99. The van der Waals surface area contributed by atoms with Crippen molar-refractivity contribution in [1.82, 2.24) is 0 Å². The van der Waals surface area contributed by atoms with Crippen molar-refractivity contribution in [2.75, 3.05) is 13.2 Å². The molecule has 0 aliphatic carbocycles. The zero-order valence-corrected chi connectivity index (χ0v) is 18.1. The molecule has 0 aromatic heterocycles. The summed E-state index contributed by atoms with van der Waals surface area (Å²) in [5.41, 5.74) is 1.69. The first-order chi connectivity index (χ1) is 14.8. The fourth-order valence-electron chi connectivity index (χ4n) is 3.37. The first kappa shape index (κ1) is 23.9. The maximum Gasteiger partial charge on any atom is 0.185 e. The van der Waals surface area contributed by atoms with Crippen LogP contribution in [0.5, 0.6) is 5.75 Å². The predicted octanol–water partition coefficient (Wildman–Crippen LogP) is 6.85. The van der Waals surface area contributed by atoms with E-state index in [9.17, 15) is 4.79 Å². The Hall–Kier alpha value is -2.39. The van der Waals surface area contributed by atoms with Gasteiger partial charge in [-0.2, -0.15) is 0 Å². The van der Waals surface area contributed by atoms with Crippen LogP contribution in [-0.4, -0.2) is 24.1 Å². The lowest BCUT2D eigenvalue weighted by molar-refractivity contribution is 0.104. The highest BCUT2D eigenvalue weighted by Gasteiger charge is 2.02. The second-order valence-electron chi connectivity index (χ2n) is 7.74. The fraction of sp³-hybridized carbons (Fsp3) is 0.444. The second kappa shape index (κ2) is 15.4. The number of carbonyl (C=O) groups is 1. The normalized spacial score (nSPS) is 11.1. The Labute approximate surface area is 181 Å². The van der Waals surface area contributed by atoms with Crippen molar-refractivity contribution in [2.24, 2.45) is 0 Å². The third kappa shape index (κ3) is 10.4. The van der Waals surface area contributed by atoms with E-state index in [0.717, 1.165) is 37.2 Å². The quantitative estimate of drug-likeness (QED) is 0.188. The number of hydrogen-bond donors (Lipinski definition) is 1. The molecule has 0 fully saturated rings. The molecule has 0 aliphatic heterocycles. The number of hydrogen-bond acceptors (Lipinski definition) is 3. The third-order valence-electron chi connectivity index (χ3n) is 5.19. The highest BCUT2D eigenvalue weighted by atomic mass is 16.5. The molecule has 1 N–H and O–H groups in total. The van der Waals surface area contributed by atoms with E-state index in [1.54, 1.807) is 6.08 Å². The highest BCUT2D eigenvalue weighted by molar-refractivity contribution is 6.06. The zero-order valence-electron chi connectivity index (χ0n) is 18.1. The molecule has 0 atom stereocenters. The average molecular weight is 409 g/mol. The largest absolute Gasteiger partial charge is 0.494 e. The van der Waals surface area contributed by atoms with Crippen LogP contribution in [0, 0.1) is 0 Å². The average Bonchev–Trinajstić information content (AvgIpc) is 2.79. The number of ketones is 1. The minimum absolute atomic E-state index is 0.00111. The number of unbranched alkanes of at least 4 members (excludes halogenated alkanes) is 9. The standard InChI is InChI=1S/C27H36O3/c28-22-12-7-5-3-1-2-4-6-8-13-23-30-26-19-17-25(18-20-26)27(29)21-16-24-14-10-9-11-15-24/h9-11,14-21,28H,1-8,12-13,22-23H2/b21-16+. The highest BCUT2D eigenvalue weighted by Crippen LogP contribution is 2.15. The third-order valence-corrected chi connectivity index (χ3v) is 5.19. The second-order valence-corrected chi connectivity index (χ2v) is 7.74. The van der Waals surface area contributed by atoms with E-state index in [2.05, 4.69) is 0 Å². The van der Waals surface area contributed by atoms with Gasteiger partial charge in [0.25, 0.3) is 0 Å². The molecule has 3 heteroatoms. The summed E-state index contributed by atoms with van der Waals surface area (Å²) in [6.45, 7) is 1.05. The van der Waals surface area contributed by atoms with Crippen LogP contribution in [0.1, 0.15) is 80.1 Å². The van der Waals surface area contributed by atoms with Crippen LogP contribution in [0.3, 0.4) is 0 Å². The molecule has 162 valence electrons. The van der Waals surface area contributed by atoms with Crippen LogP contribution in [-0.2, 0) is 0 Å². The summed E-state index contributed by atoms with van der Waals surface area (Å²) in [5.74, 6) is 0.820. The molecular weight excluding hydrogens is 372 g/mol. The van der Waals surface area contributed by atoms with Gasteiger partial charge in [0.2, 0.25) is 0 Å². The summed E-state index contributed by atoms with van der Waals surface area (Å²) in [5, 5.41) is 8.75. The van der Waals surface area contributed by atoms with Crippen molar-refractivity contribution in [3.8, 4) is 5.75 Å². The van der Waals surface area contributed by atoms with E-state index in [1.165, 1.54) is 44.9 Å². The molecule has 2 aromatic rings. The number of allylic oxidation sites excluding steroid dienone is 1. The van der Waals surface area contributed by atoms with Crippen LogP contribution in [0.25, 0.3) is 6.08 Å². The molecule has 0 spiro atoms. The van der Waals surface area contributed by atoms with Gasteiger partial charge >= 0.3 is 0 Å². The molecule has 0 radical (unpaired) electrons. The summed E-state index contributed by atoms with van der Waals surface area (Å²) in [7, 11) is 0. The van der Waals surface area contributed by atoms with Crippen molar-refractivity contribution in [1.29, 1.82) is 0 Å². The summed E-state index contributed by atoms with van der Waals surface area (Å²) in [6, 6.07) is 17.2. The van der Waals surface area contributed by atoms with Crippen LogP contribution in [0.4, 0.5) is 0 Å². The van der Waals surface area contributed by atoms with E-state index in [1.807, 2.05) is 60.7 Å². The van der Waals surface area contributed by atoms with E-state index in [-0.39, 0.29) is 5.78 Å². The monoisotopic (exact) mass is 408 g/mol. The number of carbonyl (C=O) groups excluding carboxylic acids is 1. The Morgan fingerprint density at radius 2 is 1.30 bits per heavy atom. The summed E-state index contributed by atoms with van der Waals surface area (Å²) >= 11 is 0. The van der Waals surface area contributed by atoms with Gasteiger partial charge in [-0.1, -0.05) is 87.8 Å². The van der Waals surface area contributed by atoms with Gasteiger partial charge in [-0.3, -0.25) is 4.79 Å². The number of benzene rings is 2. The van der Waals surface area contributed by atoms with Gasteiger partial charge in [0, 0.05) is 12.2 Å². The van der Waals surface area contributed by atoms with Gasteiger partial charge in [0.15, 0.2) is 5.78 Å². The van der Waals surface area contributed by atoms with Crippen molar-refractivity contribution < 1.29 is 14.6 Å². The van der Waals surface area contributed by atoms with Gasteiger partial charge in [-0.25, -0.2) is 0 Å². The predicted molar refractivity (Wildman–Crippen MR) is 125 cm³/mol. The Kier molecular flexibility index (Phi) is 12.3. The maximum atomic E-state index is 12.3. The molecule has 2 rings (SSSR count). The summed E-state index contributed by atoms with van der Waals surface area (Å²) in [6.07, 6.45) is 15.6. The van der Waals surface area contributed by atoms with E-state index < -0.39 is 0 Å². The Bertz CT molecular complexity index is 720. The first-order valence-electron chi connectivity index (χ1n) is 11.4. The smallest absolute Gasteiger partial charge is 0.185 e. The molecule has 0 saturated carbocycles. The van der Waals surface area contributed by atoms with Crippen LogP contribution < -0.4 is 4.74 Å². The Morgan fingerprint density at radius 1 is 0.733 bits per heavy atom. The topological polar surface area (TPSA) is 46.5 Å². The molecule has 0 amide bonds. The molecule has 0 saturated heterocycles. The summed E-state index contributed by atoms with van der Waals surface area (Å²) in [4.78, 5) is 12.3. The van der Waals surface area contributed by atoms with Crippen LogP contribution in [0.15, 0.2) is 60.7 Å². The van der Waals surface area contributed by atoms with Gasteiger partial charge in [0.05, 0.1) is 6.61 Å². The van der Waals surface area contributed by atoms with Crippen LogP contribution in [0.2, 0.25) is 0 Å².